The molecule has 1 aromatic carbocycles. The number of amides is 1. The van der Waals surface area contributed by atoms with Gasteiger partial charge in [0, 0.05) is 11.6 Å². The predicted molar refractivity (Wildman–Crippen MR) is 68.8 cm³/mol. The number of carboxylic acids is 1. The maximum Gasteiger partial charge on any atom is 0.332 e. The lowest BCUT2D eigenvalue weighted by molar-refractivity contribution is -0.151. The van der Waals surface area contributed by atoms with Gasteiger partial charge in [-0.25, -0.2) is 4.79 Å². The van der Waals surface area contributed by atoms with E-state index in [1.165, 1.54) is 0 Å². The lowest BCUT2D eigenvalue weighted by atomic mass is 10.2. The van der Waals surface area contributed by atoms with E-state index in [0.717, 1.165) is 5.56 Å². The van der Waals surface area contributed by atoms with Crippen molar-refractivity contribution in [2.75, 3.05) is 0 Å². The molecule has 2 rings (SSSR count). The van der Waals surface area contributed by atoms with Crippen LogP contribution in [-0.2, 0) is 20.9 Å². The molecule has 1 aromatic rings. The fourth-order valence-corrected chi connectivity index (χ4v) is 2.15. The number of benzene rings is 1. The lowest BCUT2D eigenvalue weighted by Crippen LogP contribution is -2.35. The second-order valence-electron chi connectivity index (χ2n) is 4.34. The molecule has 102 valence electrons. The minimum Gasteiger partial charge on any atom is -0.479 e. The van der Waals surface area contributed by atoms with Crippen molar-refractivity contribution in [1.82, 2.24) is 5.32 Å². The molecule has 1 saturated heterocycles. The Balaban J connectivity index is 1.86. The molecule has 1 aliphatic rings. The van der Waals surface area contributed by atoms with Crippen molar-refractivity contribution < 1.29 is 19.4 Å². The average Bonchev–Trinajstić information content (AvgIpc) is 2.87. The summed E-state index contributed by atoms with van der Waals surface area (Å²) < 4.78 is 5.16. The first-order valence-electron chi connectivity index (χ1n) is 5.97. The van der Waals surface area contributed by atoms with Gasteiger partial charge in [0.2, 0.25) is 5.91 Å². The molecule has 2 N–H and O–H groups in total. The maximum absolute atomic E-state index is 11.8. The topological polar surface area (TPSA) is 75.6 Å². The molecule has 0 radical (unpaired) electrons. The highest BCUT2D eigenvalue weighted by molar-refractivity contribution is 6.31. The van der Waals surface area contributed by atoms with E-state index in [4.69, 9.17) is 21.4 Å². The van der Waals surface area contributed by atoms with Crippen molar-refractivity contribution >= 4 is 23.5 Å². The van der Waals surface area contributed by atoms with Gasteiger partial charge in [0.1, 0.15) is 6.10 Å². The summed E-state index contributed by atoms with van der Waals surface area (Å²) in [7, 11) is 0. The Labute approximate surface area is 115 Å². The normalized spacial score (nSPS) is 22.2. The average molecular weight is 284 g/mol. The predicted octanol–water partition coefficient (Wildman–Crippen LogP) is 1.59. The molecule has 0 saturated carbocycles. The van der Waals surface area contributed by atoms with Crippen LogP contribution in [-0.4, -0.2) is 29.2 Å². The molecule has 0 aliphatic carbocycles. The first-order valence-corrected chi connectivity index (χ1v) is 6.35. The molecule has 1 aliphatic heterocycles. The first-order chi connectivity index (χ1) is 9.08. The fraction of sp³-hybridized carbons (Fsp3) is 0.385. The number of halogens is 1. The summed E-state index contributed by atoms with van der Waals surface area (Å²) in [6.45, 7) is 0.302. The molecular weight excluding hydrogens is 270 g/mol. The number of carboxylic acid groups (broad SMARTS) is 1. The third kappa shape index (κ3) is 3.45. The van der Waals surface area contributed by atoms with Crippen molar-refractivity contribution in [3.05, 3.63) is 34.9 Å². The molecular formula is C13H14ClNO4. The van der Waals surface area contributed by atoms with Crippen molar-refractivity contribution in [3.8, 4) is 0 Å². The number of aliphatic carboxylic acids is 1. The second-order valence-corrected chi connectivity index (χ2v) is 4.75. The van der Waals surface area contributed by atoms with E-state index in [-0.39, 0.29) is 5.91 Å². The monoisotopic (exact) mass is 283 g/mol. The number of rotatable bonds is 4. The van der Waals surface area contributed by atoms with Crippen LogP contribution in [0.5, 0.6) is 0 Å². The van der Waals surface area contributed by atoms with E-state index in [1.807, 2.05) is 18.2 Å². The van der Waals surface area contributed by atoms with E-state index < -0.39 is 18.2 Å². The van der Waals surface area contributed by atoms with Gasteiger partial charge in [-0.1, -0.05) is 29.8 Å². The molecule has 19 heavy (non-hydrogen) atoms. The number of ether oxygens (including phenoxy) is 1. The minimum atomic E-state index is -1.03. The van der Waals surface area contributed by atoms with Crippen molar-refractivity contribution in [3.63, 3.8) is 0 Å². The minimum absolute atomic E-state index is 0.302. The van der Waals surface area contributed by atoms with Crippen LogP contribution in [0.15, 0.2) is 24.3 Å². The molecule has 1 amide bonds. The van der Waals surface area contributed by atoms with Gasteiger partial charge in [-0.15, -0.1) is 0 Å². The zero-order valence-electron chi connectivity index (χ0n) is 10.1. The van der Waals surface area contributed by atoms with Crippen LogP contribution in [0.3, 0.4) is 0 Å². The molecule has 1 heterocycles. The zero-order valence-corrected chi connectivity index (χ0v) is 10.9. The standard InChI is InChI=1S/C13H14ClNO4/c14-9-4-2-1-3-8(9)7-15-12(16)10-5-6-11(19-10)13(17)18/h1-4,10-11H,5-7H2,(H,15,16)(H,17,18)/t10-,11+/m0/s1. The smallest absolute Gasteiger partial charge is 0.332 e. The second kappa shape index (κ2) is 6.04. The van der Waals surface area contributed by atoms with E-state index in [2.05, 4.69) is 5.32 Å². The molecule has 0 aromatic heterocycles. The van der Waals surface area contributed by atoms with E-state index >= 15 is 0 Å². The quantitative estimate of drug-likeness (QED) is 0.880. The van der Waals surface area contributed by atoms with Crippen LogP contribution in [0.4, 0.5) is 0 Å². The first kappa shape index (κ1) is 13.8. The fourth-order valence-electron chi connectivity index (χ4n) is 1.95. The molecule has 1 fully saturated rings. The Kier molecular flexibility index (Phi) is 4.39. The molecule has 0 unspecified atom stereocenters. The van der Waals surface area contributed by atoms with Crippen molar-refractivity contribution in [1.29, 1.82) is 0 Å². The highest BCUT2D eigenvalue weighted by Gasteiger charge is 2.34. The highest BCUT2D eigenvalue weighted by atomic mass is 35.5. The zero-order chi connectivity index (χ0) is 13.8. The Hall–Kier alpha value is -1.59. The van der Waals surface area contributed by atoms with E-state index in [1.54, 1.807) is 6.07 Å². The summed E-state index contributed by atoms with van der Waals surface area (Å²) in [4.78, 5) is 22.5. The molecule has 5 nitrogen and oxygen atoms in total. The van der Waals surface area contributed by atoms with Crippen LogP contribution in [0.25, 0.3) is 0 Å². The van der Waals surface area contributed by atoms with Gasteiger partial charge in [0.25, 0.3) is 0 Å². The number of carbonyl (C=O) groups is 2. The van der Waals surface area contributed by atoms with Crippen LogP contribution in [0.1, 0.15) is 18.4 Å². The van der Waals surface area contributed by atoms with Crippen molar-refractivity contribution in [2.24, 2.45) is 0 Å². The van der Waals surface area contributed by atoms with Crippen molar-refractivity contribution in [2.45, 2.75) is 31.6 Å². The lowest BCUT2D eigenvalue weighted by Gasteiger charge is -2.12. The Morgan fingerprint density at radius 1 is 1.32 bits per heavy atom. The summed E-state index contributed by atoms with van der Waals surface area (Å²) in [6.07, 6.45) is -0.787. The summed E-state index contributed by atoms with van der Waals surface area (Å²) in [5.41, 5.74) is 0.810. The van der Waals surface area contributed by atoms with E-state index in [9.17, 15) is 9.59 Å². The summed E-state index contributed by atoms with van der Waals surface area (Å²) in [5, 5.41) is 12.1. The summed E-state index contributed by atoms with van der Waals surface area (Å²) in [5.74, 6) is -1.33. The van der Waals surface area contributed by atoms with Gasteiger partial charge in [-0.3, -0.25) is 4.79 Å². The number of hydrogen-bond donors (Lipinski definition) is 2. The van der Waals surface area contributed by atoms with Gasteiger partial charge in [-0.2, -0.15) is 0 Å². The van der Waals surface area contributed by atoms with Crippen LogP contribution in [0.2, 0.25) is 5.02 Å². The number of nitrogens with one attached hydrogen (secondary N) is 1. The van der Waals surface area contributed by atoms with Gasteiger partial charge >= 0.3 is 5.97 Å². The van der Waals surface area contributed by atoms with Gasteiger partial charge in [-0.05, 0) is 24.5 Å². The Bertz CT molecular complexity index is 491. The SMILES string of the molecule is O=C(NCc1ccccc1Cl)[C@@H]1CC[C@H](C(=O)O)O1. The van der Waals surface area contributed by atoms with Crippen LogP contribution < -0.4 is 5.32 Å². The third-order valence-corrected chi connectivity index (χ3v) is 3.37. The van der Waals surface area contributed by atoms with Gasteiger partial charge in [0.15, 0.2) is 6.10 Å². The summed E-state index contributed by atoms with van der Waals surface area (Å²) >= 11 is 5.97. The molecule has 0 spiro atoms. The summed E-state index contributed by atoms with van der Waals surface area (Å²) in [6, 6.07) is 7.21. The van der Waals surface area contributed by atoms with Crippen LogP contribution >= 0.6 is 11.6 Å². The number of carbonyl (C=O) groups excluding carboxylic acids is 1. The van der Waals surface area contributed by atoms with Gasteiger partial charge < -0.3 is 15.2 Å². The molecule has 2 atom stereocenters. The molecule has 0 bridgehead atoms. The van der Waals surface area contributed by atoms with E-state index in [0.29, 0.717) is 24.4 Å². The van der Waals surface area contributed by atoms with Gasteiger partial charge in [0.05, 0.1) is 0 Å². The Morgan fingerprint density at radius 2 is 2.00 bits per heavy atom. The van der Waals surface area contributed by atoms with Crippen LogP contribution in [0, 0.1) is 0 Å². The highest BCUT2D eigenvalue weighted by Crippen LogP contribution is 2.20. The number of hydrogen-bond acceptors (Lipinski definition) is 3. The Morgan fingerprint density at radius 3 is 2.63 bits per heavy atom. The largest absolute Gasteiger partial charge is 0.479 e. The maximum atomic E-state index is 11.8. The molecule has 6 heteroatoms. The third-order valence-electron chi connectivity index (χ3n) is 3.00.